The van der Waals surface area contributed by atoms with E-state index in [9.17, 15) is 9.90 Å². The maximum atomic E-state index is 11.3. The first kappa shape index (κ1) is 14.2. The molecule has 1 saturated heterocycles. The lowest BCUT2D eigenvalue weighted by atomic mass is 9.85. The topological polar surface area (TPSA) is 40.5 Å². The Balaban J connectivity index is 2.35. The van der Waals surface area contributed by atoms with E-state index >= 15 is 0 Å². The summed E-state index contributed by atoms with van der Waals surface area (Å²) in [7, 11) is 0. The average molecular weight is 282 g/mol. The van der Waals surface area contributed by atoms with Crippen LogP contribution >= 0.6 is 11.6 Å². The van der Waals surface area contributed by atoms with Crippen LogP contribution in [0.4, 0.5) is 5.69 Å². The molecule has 104 valence electrons. The van der Waals surface area contributed by atoms with Gasteiger partial charge in [-0.2, -0.15) is 0 Å². The Morgan fingerprint density at radius 2 is 2.00 bits per heavy atom. The number of carbonyl (C=O) groups is 1. The van der Waals surface area contributed by atoms with Gasteiger partial charge in [0.1, 0.15) is 0 Å². The third-order valence-electron chi connectivity index (χ3n) is 3.74. The molecule has 0 unspecified atom stereocenters. The van der Waals surface area contributed by atoms with Crippen LogP contribution in [0.2, 0.25) is 5.02 Å². The molecule has 1 aromatic carbocycles. The second kappa shape index (κ2) is 5.41. The van der Waals surface area contributed by atoms with Gasteiger partial charge in [-0.3, -0.25) is 4.79 Å². The summed E-state index contributed by atoms with van der Waals surface area (Å²) >= 11 is 6.30. The minimum atomic E-state index is -0.806. The number of halogens is 1. The minimum absolute atomic E-state index is 0.452. The maximum absolute atomic E-state index is 11.3. The zero-order valence-corrected chi connectivity index (χ0v) is 12.2. The molecule has 1 fully saturated rings. The van der Waals surface area contributed by atoms with Crippen LogP contribution < -0.4 is 4.90 Å². The van der Waals surface area contributed by atoms with E-state index in [0.717, 1.165) is 24.3 Å². The fraction of sp³-hybridized carbons (Fsp3) is 0.533. The molecular weight excluding hydrogens is 262 g/mol. The van der Waals surface area contributed by atoms with Gasteiger partial charge >= 0.3 is 5.97 Å². The van der Waals surface area contributed by atoms with Gasteiger partial charge in [-0.15, -0.1) is 0 Å². The van der Waals surface area contributed by atoms with Crippen molar-refractivity contribution >= 4 is 23.3 Å². The molecule has 1 aromatic rings. The van der Waals surface area contributed by atoms with Crippen LogP contribution in [0.3, 0.4) is 0 Å². The zero-order chi connectivity index (χ0) is 14.0. The van der Waals surface area contributed by atoms with Crippen molar-refractivity contribution in [2.45, 2.75) is 33.1 Å². The molecule has 19 heavy (non-hydrogen) atoms. The number of hydrogen-bond acceptors (Lipinski definition) is 2. The molecule has 1 heterocycles. The third-order valence-corrected chi connectivity index (χ3v) is 4.09. The molecule has 1 aliphatic rings. The van der Waals surface area contributed by atoms with Crippen molar-refractivity contribution < 1.29 is 9.90 Å². The molecule has 1 aliphatic heterocycles. The fourth-order valence-corrected chi connectivity index (χ4v) is 2.73. The molecule has 4 heteroatoms. The standard InChI is InChI=1S/C15H20ClNO2/c1-15(2,14(18)19)10-11-12(16)6-5-7-13(11)17-8-3-4-9-17/h5-7H,3-4,8-10H2,1-2H3,(H,18,19). The summed E-state index contributed by atoms with van der Waals surface area (Å²) in [6.45, 7) is 5.54. The average Bonchev–Trinajstić information content (AvgIpc) is 2.85. The lowest BCUT2D eigenvalue weighted by Gasteiger charge is -2.26. The van der Waals surface area contributed by atoms with Crippen molar-refractivity contribution in [3.8, 4) is 0 Å². The zero-order valence-electron chi connectivity index (χ0n) is 11.4. The lowest BCUT2D eigenvalue weighted by Crippen LogP contribution is -2.28. The Kier molecular flexibility index (Phi) is 4.04. The number of hydrogen-bond donors (Lipinski definition) is 1. The first-order valence-electron chi connectivity index (χ1n) is 6.67. The van der Waals surface area contributed by atoms with E-state index in [-0.39, 0.29) is 0 Å². The number of anilines is 1. The molecule has 0 atom stereocenters. The normalized spacial score (nSPS) is 15.8. The van der Waals surface area contributed by atoms with Gasteiger partial charge in [0.15, 0.2) is 0 Å². The fourth-order valence-electron chi connectivity index (χ4n) is 2.49. The van der Waals surface area contributed by atoms with E-state index in [1.807, 2.05) is 18.2 Å². The summed E-state index contributed by atoms with van der Waals surface area (Å²) in [6, 6.07) is 5.83. The number of rotatable bonds is 4. The Morgan fingerprint density at radius 1 is 1.37 bits per heavy atom. The van der Waals surface area contributed by atoms with E-state index < -0.39 is 11.4 Å². The number of carboxylic acid groups (broad SMARTS) is 1. The Hall–Kier alpha value is -1.22. The molecule has 0 aromatic heterocycles. The monoisotopic (exact) mass is 281 g/mol. The molecule has 0 aliphatic carbocycles. The predicted octanol–water partition coefficient (Wildman–Crippen LogP) is 3.59. The van der Waals surface area contributed by atoms with Gasteiger partial charge in [-0.25, -0.2) is 0 Å². The number of aliphatic carboxylic acids is 1. The summed E-state index contributed by atoms with van der Waals surface area (Å²) in [5.74, 6) is -0.792. The van der Waals surface area contributed by atoms with Gasteiger partial charge in [-0.05, 0) is 50.8 Å². The van der Waals surface area contributed by atoms with Crippen LogP contribution in [0.5, 0.6) is 0 Å². The van der Waals surface area contributed by atoms with Gasteiger partial charge in [0, 0.05) is 23.8 Å². The molecular formula is C15H20ClNO2. The summed E-state index contributed by atoms with van der Waals surface area (Å²) < 4.78 is 0. The highest BCUT2D eigenvalue weighted by molar-refractivity contribution is 6.31. The smallest absolute Gasteiger partial charge is 0.309 e. The largest absolute Gasteiger partial charge is 0.481 e. The predicted molar refractivity (Wildman–Crippen MR) is 78.0 cm³/mol. The van der Waals surface area contributed by atoms with Crippen LogP contribution in [0.25, 0.3) is 0 Å². The van der Waals surface area contributed by atoms with Gasteiger partial charge in [0.2, 0.25) is 0 Å². The summed E-state index contributed by atoms with van der Waals surface area (Å²) in [5, 5.41) is 9.96. The SMILES string of the molecule is CC(C)(Cc1c(Cl)cccc1N1CCCC1)C(=O)O. The van der Waals surface area contributed by atoms with Crippen LogP contribution in [0.1, 0.15) is 32.3 Å². The van der Waals surface area contributed by atoms with Crippen LogP contribution in [-0.4, -0.2) is 24.2 Å². The van der Waals surface area contributed by atoms with E-state index in [1.54, 1.807) is 13.8 Å². The van der Waals surface area contributed by atoms with Crippen LogP contribution in [-0.2, 0) is 11.2 Å². The van der Waals surface area contributed by atoms with E-state index in [2.05, 4.69) is 4.90 Å². The second-order valence-electron chi connectivity index (χ2n) is 5.80. The Labute approximate surface area is 119 Å². The maximum Gasteiger partial charge on any atom is 0.309 e. The lowest BCUT2D eigenvalue weighted by molar-refractivity contribution is -0.146. The highest BCUT2D eigenvalue weighted by Crippen LogP contribution is 2.35. The highest BCUT2D eigenvalue weighted by atomic mass is 35.5. The van der Waals surface area contributed by atoms with Gasteiger partial charge < -0.3 is 10.0 Å². The Morgan fingerprint density at radius 3 is 2.58 bits per heavy atom. The van der Waals surface area contributed by atoms with E-state index in [0.29, 0.717) is 11.4 Å². The highest BCUT2D eigenvalue weighted by Gasteiger charge is 2.30. The molecule has 0 spiro atoms. The van der Waals surface area contributed by atoms with Crippen LogP contribution in [0, 0.1) is 5.41 Å². The third kappa shape index (κ3) is 3.03. The van der Waals surface area contributed by atoms with Gasteiger partial charge in [0.05, 0.1) is 5.41 Å². The van der Waals surface area contributed by atoms with Crippen molar-refractivity contribution in [2.24, 2.45) is 5.41 Å². The first-order valence-corrected chi connectivity index (χ1v) is 7.05. The summed E-state index contributed by atoms with van der Waals surface area (Å²) in [4.78, 5) is 13.6. The van der Waals surface area contributed by atoms with Gasteiger partial charge in [-0.1, -0.05) is 17.7 Å². The number of benzene rings is 1. The molecule has 0 saturated carbocycles. The van der Waals surface area contributed by atoms with Crippen molar-refractivity contribution in [1.29, 1.82) is 0 Å². The first-order chi connectivity index (χ1) is 8.92. The molecule has 0 radical (unpaired) electrons. The van der Waals surface area contributed by atoms with Crippen LogP contribution in [0.15, 0.2) is 18.2 Å². The molecule has 1 N–H and O–H groups in total. The second-order valence-corrected chi connectivity index (χ2v) is 6.20. The van der Waals surface area contributed by atoms with Crippen molar-refractivity contribution in [3.63, 3.8) is 0 Å². The molecule has 3 nitrogen and oxygen atoms in total. The molecule has 0 bridgehead atoms. The van der Waals surface area contributed by atoms with Crippen molar-refractivity contribution in [2.75, 3.05) is 18.0 Å². The van der Waals surface area contributed by atoms with E-state index in [4.69, 9.17) is 11.6 Å². The van der Waals surface area contributed by atoms with Crippen molar-refractivity contribution in [3.05, 3.63) is 28.8 Å². The molecule has 2 rings (SSSR count). The van der Waals surface area contributed by atoms with Gasteiger partial charge in [0.25, 0.3) is 0 Å². The summed E-state index contributed by atoms with van der Waals surface area (Å²) in [5.41, 5.74) is 1.25. The number of carboxylic acids is 1. The van der Waals surface area contributed by atoms with Crippen molar-refractivity contribution in [1.82, 2.24) is 0 Å². The Bertz CT molecular complexity index is 479. The summed E-state index contributed by atoms with van der Waals surface area (Å²) in [6.07, 6.45) is 2.83. The molecule has 0 amide bonds. The van der Waals surface area contributed by atoms with E-state index in [1.165, 1.54) is 12.8 Å². The number of nitrogens with zero attached hydrogens (tertiary/aromatic N) is 1. The quantitative estimate of drug-likeness (QED) is 0.917. The minimum Gasteiger partial charge on any atom is -0.481 e.